The Labute approximate surface area is 100 Å². The van der Waals surface area contributed by atoms with Crippen molar-refractivity contribution in [3.63, 3.8) is 0 Å². The summed E-state index contributed by atoms with van der Waals surface area (Å²) in [5.41, 5.74) is 5.56. The number of rotatable bonds is 2. The maximum atomic E-state index is 11.7. The maximum absolute atomic E-state index is 11.7. The van der Waals surface area contributed by atoms with Crippen molar-refractivity contribution in [3.05, 3.63) is 30.1 Å². The topological polar surface area (TPSA) is 79.5 Å². The molecule has 0 saturated carbocycles. The van der Waals surface area contributed by atoms with Crippen LogP contribution in [0.4, 0.5) is 0 Å². The second-order valence-electron chi connectivity index (χ2n) is 4.30. The lowest BCUT2D eigenvalue weighted by atomic mass is 9.91. The summed E-state index contributed by atoms with van der Waals surface area (Å²) in [6.07, 6.45) is 3.41. The normalized spacial score (nSPS) is 28.4. The molecule has 0 aliphatic carbocycles. The molecule has 1 amide bonds. The average molecular weight is 235 g/mol. The first kappa shape index (κ1) is 12.0. The minimum Gasteiger partial charge on any atom is -0.381 e. The van der Waals surface area contributed by atoms with Crippen molar-refractivity contribution in [2.75, 3.05) is 6.54 Å². The zero-order valence-electron chi connectivity index (χ0n) is 9.84. The van der Waals surface area contributed by atoms with Gasteiger partial charge in [0.1, 0.15) is 11.8 Å². The Balaban J connectivity index is 2.27. The summed E-state index contributed by atoms with van der Waals surface area (Å²) in [5.74, 6) is -0.0255. The fraction of sp³-hybridized carbons (Fsp3) is 0.500. The van der Waals surface area contributed by atoms with E-state index in [2.05, 4.69) is 4.98 Å². The van der Waals surface area contributed by atoms with Crippen LogP contribution < -0.4 is 5.73 Å². The fourth-order valence-electron chi connectivity index (χ4n) is 2.27. The molecule has 1 aliphatic heterocycles. The quantitative estimate of drug-likeness (QED) is 0.767. The molecule has 0 bridgehead atoms. The Morgan fingerprint density at radius 3 is 2.88 bits per heavy atom. The molecule has 1 aliphatic rings. The molecule has 2 rings (SSSR count). The lowest BCUT2D eigenvalue weighted by molar-refractivity contribution is -0.134. The Hall–Kier alpha value is -1.46. The minimum absolute atomic E-state index is 0.0255. The molecule has 92 valence electrons. The summed E-state index contributed by atoms with van der Waals surface area (Å²) < 4.78 is 0. The van der Waals surface area contributed by atoms with E-state index in [1.807, 2.05) is 0 Å². The summed E-state index contributed by atoms with van der Waals surface area (Å²) >= 11 is 0. The van der Waals surface area contributed by atoms with E-state index in [0.29, 0.717) is 24.9 Å². The van der Waals surface area contributed by atoms with E-state index in [1.54, 1.807) is 36.4 Å². The molecule has 17 heavy (non-hydrogen) atoms. The van der Waals surface area contributed by atoms with Gasteiger partial charge in [-0.3, -0.25) is 9.78 Å². The van der Waals surface area contributed by atoms with E-state index in [9.17, 15) is 9.90 Å². The number of likely N-dealkylation sites (tertiary alicyclic amines) is 1. The first-order valence-electron chi connectivity index (χ1n) is 5.77. The van der Waals surface area contributed by atoms with Gasteiger partial charge in [0.25, 0.3) is 0 Å². The van der Waals surface area contributed by atoms with Gasteiger partial charge in [0.2, 0.25) is 5.91 Å². The number of aromatic nitrogens is 1. The number of nitrogens with zero attached hydrogens (tertiary/aromatic N) is 2. The highest BCUT2D eigenvalue weighted by molar-refractivity contribution is 5.76. The molecule has 1 aromatic heterocycles. The summed E-state index contributed by atoms with van der Waals surface area (Å²) in [7, 11) is 0. The molecule has 0 unspecified atom stereocenters. The number of amides is 1. The van der Waals surface area contributed by atoms with E-state index in [1.165, 1.54) is 0 Å². The number of hydrogen-bond donors (Lipinski definition) is 2. The summed E-state index contributed by atoms with van der Waals surface area (Å²) in [4.78, 5) is 17.1. The highest BCUT2D eigenvalue weighted by Gasteiger charge is 2.46. The largest absolute Gasteiger partial charge is 0.381 e. The third-order valence-electron chi connectivity index (χ3n) is 3.36. The van der Waals surface area contributed by atoms with Crippen molar-refractivity contribution >= 4 is 5.91 Å². The molecule has 5 nitrogen and oxygen atoms in total. The van der Waals surface area contributed by atoms with Crippen molar-refractivity contribution in [1.29, 1.82) is 0 Å². The van der Waals surface area contributed by atoms with Crippen LogP contribution in [0.1, 0.15) is 25.3 Å². The summed E-state index contributed by atoms with van der Waals surface area (Å²) in [6, 6.07) is 3.47. The second kappa shape index (κ2) is 4.43. The molecule has 5 heteroatoms. The van der Waals surface area contributed by atoms with Crippen LogP contribution in [-0.2, 0) is 10.4 Å². The van der Waals surface area contributed by atoms with Gasteiger partial charge in [-0.05, 0) is 17.7 Å². The smallest absolute Gasteiger partial charge is 0.223 e. The van der Waals surface area contributed by atoms with Gasteiger partial charge in [-0.2, -0.15) is 0 Å². The fourth-order valence-corrected chi connectivity index (χ4v) is 2.27. The second-order valence-corrected chi connectivity index (χ2v) is 4.30. The van der Waals surface area contributed by atoms with Crippen molar-refractivity contribution in [1.82, 2.24) is 9.88 Å². The van der Waals surface area contributed by atoms with Gasteiger partial charge in [0, 0.05) is 31.8 Å². The van der Waals surface area contributed by atoms with Gasteiger partial charge < -0.3 is 15.7 Å². The number of hydrogen-bond acceptors (Lipinski definition) is 4. The van der Waals surface area contributed by atoms with Crippen LogP contribution in [-0.4, -0.2) is 33.6 Å². The van der Waals surface area contributed by atoms with Gasteiger partial charge in [0.15, 0.2) is 0 Å². The Morgan fingerprint density at radius 1 is 1.65 bits per heavy atom. The van der Waals surface area contributed by atoms with Crippen LogP contribution >= 0.6 is 0 Å². The molecule has 3 N–H and O–H groups in total. The molecule has 2 atom stereocenters. The van der Waals surface area contributed by atoms with Crippen LogP contribution in [0.3, 0.4) is 0 Å². The van der Waals surface area contributed by atoms with E-state index >= 15 is 0 Å². The van der Waals surface area contributed by atoms with Crippen LogP contribution in [0.25, 0.3) is 0 Å². The predicted octanol–water partition coefficient (Wildman–Crippen LogP) is 0.196. The molecular formula is C12H17N3O2. The first-order chi connectivity index (χ1) is 8.09. The molecule has 1 aromatic rings. The SMILES string of the molecule is CCC(=O)N1CC[C@@](O)(c2ccncc2)[C@H]1N. The molecule has 1 fully saturated rings. The highest BCUT2D eigenvalue weighted by Crippen LogP contribution is 2.35. The zero-order chi connectivity index (χ0) is 12.5. The monoisotopic (exact) mass is 235 g/mol. The van der Waals surface area contributed by atoms with Gasteiger partial charge in [-0.25, -0.2) is 0 Å². The first-order valence-corrected chi connectivity index (χ1v) is 5.77. The van der Waals surface area contributed by atoms with Crippen LogP contribution in [0.2, 0.25) is 0 Å². The van der Waals surface area contributed by atoms with Gasteiger partial charge in [-0.15, -0.1) is 0 Å². The van der Waals surface area contributed by atoms with Crippen LogP contribution in [0, 0.1) is 0 Å². The van der Waals surface area contributed by atoms with Crippen molar-refractivity contribution < 1.29 is 9.90 Å². The lowest BCUT2D eigenvalue weighted by Gasteiger charge is -2.31. The lowest BCUT2D eigenvalue weighted by Crippen LogP contribution is -2.51. The standard InChI is InChI=1S/C12H17N3O2/c1-2-10(16)15-8-5-12(17,11(15)13)9-3-6-14-7-4-9/h3-4,6-7,11,17H,2,5,8,13H2,1H3/t11-,12+/m0/s1. The number of carbonyl (C=O) groups excluding carboxylic acids is 1. The van der Waals surface area contributed by atoms with E-state index < -0.39 is 11.8 Å². The van der Waals surface area contributed by atoms with Crippen molar-refractivity contribution in [3.8, 4) is 0 Å². The van der Waals surface area contributed by atoms with Crippen LogP contribution in [0.15, 0.2) is 24.5 Å². The molecule has 0 aromatic carbocycles. The number of carbonyl (C=O) groups is 1. The Bertz CT molecular complexity index is 409. The zero-order valence-corrected chi connectivity index (χ0v) is 9.84. The molecule has 0 radical (unpaired) electrons. The predicted molar refractivity (Wildman–Crippen MR) is 62.7 cm³/mol. The van der Waals surface area contributed by atoms with Crippen LogP contribution in [0.5, 0.6) is 0 Å². The number of aliphatic hydroxyl groups is 1. The molecule has 1 saturated heterocycles. The van der Waals surface area contributed by atoms with Gasteiger partial charge in [0.05, 0.1) is 0 Å². The maximum Gasteiger partial charge on any atom is 0.223 e. The molecular weight excluding hydrogens is 218 g/mol. The summed E-state index contributed by atoms with van der Waals surface area (Å²) in [6.45, 7) is 2.28. The minimum atomic E-state index is -1.16. The highest BCUT2D eigenvalue weighted by atomic mass is 16.3. The third kappa shape index (κ3) is 1.92. The van der Waals surface area contributed by atoms with E-state index in [-0.39, 0.29) is 5.91 Å². The van der Waals surface area contributed by atoms with Gasteiger partial charge in [-0.1, -0.05) is 6.92 Å². The number of nitrogens with two attached hydrogens (primary N) is 1. The Morgan fingerprint density at radius 2 is 2.29 bits per heavy atom. The summed E-state index contributed by atoms with van der Waals surface area (Å²) in [5, 5.41) is 10.6. The third-order valence-corrected chi connectivity index (χ3v) is 3.36. The average Bonchev–Trinajstić information content (AvgIpc) is 2.68. The van der Waals surface area contributed by atoms with E-state index in [4.69, 9.17) is 5.73 Å². The Kier molecular flexibility index (Phi) is 3.13. The number of pyridine rings is 1. The molecule has 2 heterocycles. The molecule has 0 spiro atoms. The van der Waals surface area contributed by atoms with E-state index in [0.717, 1.165) is 0 Å². The van der Waals surface area contributed by atoms with Crippen molar-refractivity contribution in [2.45, 2.75) is 31.5 Å². The van der Waals surface area contributed by atoms with Gasteiger partial charge >= 0.3 is 0 Å². The van der Waals surface area contributed by atoms with Crippen molar-refractivity contribution in [2.24, 2.45) is 5.73 Å².